The van der Waals surface area contributed by atoms with Crippen molar-refractivity contribution in [2.45, 2.75) is 19.1 Å². The predicted molar refractivity (Wildman–Crippen MR) is 92.6 cm³/mol. The lowest BCUT2D eigenvalue weighted by Crippen LogP contribution is -2.31. The average Bonchev–Trinajstić information content (AvgIpc) is 3.46. The molecule has 1 saturated carbocycles. The minimum atomic E-state index is -0.492. The van der Waals surface area contributed by atoms with Gasteiger partial charge in [-0.1, -0.05) is 60.7 Å². The summed E-state index contributed by atoms with van der Waals surface area (Å²) >= 11 is 0. The molecule has 1 aliphatic rings. The first kappa shape index (κ1) is 17.0. The van der Waals surface area contributed by atoms with E-state index in [4.69, 9.17) is 9.47 Å². The van der Waals surface area contributed by atoms with Crippen molar-refractivity contribution in [2.75, 3.05) is 7.11 Å². The first-order chi connectivity index (χ1) is 12.2. The first-order valence-corrected chi connectivity index (χ1v) is 8.29. The third-order valence-electron chi connectivity index (χ3n) is 4.42. The van der Waals surface area contributed by atoms with Gasteiger partial charge in [0.1, 0.15) is 6.61 Å². The second kappa shape index (κ2) is 7.83. The molecule has 3 atom stereocenters. The van der Waals surface area contributed by atoms with E-state index < -0.39 is 6.09 Å². The Morgan fingerprint density at radius 2 is 1.72 bits per heavy atom. The molecule has 1 N–H and O–H groups in total. The number of hydrogen-bond donors (Lipinski definition) is 1. The van der Waals surface area contributed by atoms with Gasteiger partial charge in [-0.2, -0.15) is 0 Å². The quantitative estimate of drug-likeness (QED) is 0.819. The van der Waals surface area contributed by atoms with Crippen molar-refractivity contribution in [3.63, 3.8) is 0 Å². The maximum absolute atomic E-state index is 12.2. The number of hydrogen-bond acceptors (Lipinski definition) is 4. The number of methoxy groups -OCH3 is 1. The lowest BCUT2D eigenvalue weighted by molar-refractivity contribution is -0.142. The van der Waals surface area contributed by atoms with Crippen LogP contribution in [0.1, 0.15) is 23.6 Å². The summed E-state index contributed by atoms with van der Waals surface area (Å²) in [7, 11) is 1.39. The summed E-state index contributed by atoms with van der Waals surface area (Å²) in [6.07, 6.45) is 0.207. The monoisotopic (exact) mass is 339 g/mol. The van der Waals surface area contributed by atoms with E-state index in [9.17, 15) is 9.59 Å². The van der Waals surface area contributed by atoms with Gasteiger partial charge in [0.25, 0.3) is 0 Å². The Balaban J connectivity index is 1.64. The molecule has 1 aliphatic carbocycles. The minimum Gasteiger partial charge on any atom is -0.469 e. The van der Waals surface area contributed by atoms with E-state index in [1.54, 1.807) is 0 Å². The fourth-order valence-corrected chi connectivity index (χ4v) is 3.00. The average molecular weight is 339 g/mol. The Labute approximate surface area is 147 Å². The van der Waals surface area contributed by atoms with Crippen LogP contribution in [-0.4, -0.2) is 19.2 Å². The van der Waals surface area contributed by atoms with Gasteiger partial charge in [0.2, 0.25) is 0 Å². The van der Waals surface area contributed by atoms with Gasteiger partial charge in [-0.15, -0.1) is 0 Å². The minimum absolute atomic E-state index is 0.0270. The van der Waals surface area contributed by atoms with Crippen molar-refractivity contribution in [3.8, 4) is 0 Å². The van der Waals surface area contributed by atoms with Crippen LogP contribution in [0, 0.1) is 11.8 Å². The van der Waals surface area contributed by atoms with Gasteiger partial charge in [-0.05, 0) is 23.5 Å². The lowest BCUT2D eigenvalue weighted by Gasteiger charge is -2.19. The number of amides is 1. The fraction of sp³-hybridized carbons (Fsp3) is 0.300. The Morgan fingerprint density at radius 3 is 2.36 bits per heavy atom. The highest BCUT2D eigenvalue weighted by Crippen LogP contribution is 2.48. The number of carbonyl (C=O) groups excluding carboxylic acids is 2. The highest BCUT2D eigenvalue weighted by molar-refractivity contribution is 5.76. The Hall–Kier alpha value is -2.82. The van der Waals surface area contributed by atoms with Gasteiger partial charge in [-0.3, -0.25) is 4.79 Å². The highest BCUT2D eigenvalue weighted by atomic mass is 16.5. The Morgan fingerprint density at radius 1 is 1.08 bits per heavy atom. The summed E-state index contributed by atoms with van der Waals surface area (Å²) in [5.74, 6) is -0.380. The van der Waals surface area contributed by atoms with Crippen LogP contribution in [0.25, 0.3) is 0 Å². The number of ether oxygens (including phenoxy) is 2. The van der Waals surface area contributed by atoms with Gasteiger partial charge in [0, 0.05) is 0 Å². The van der Waals surface area contributed by atoms with E-state index in [2.05, 4.69) is 5.32 Å². The number of carbonyl (C=O) groups is 2. The molecule has 1 fully saturated rings. The van der Waals surface area contributed by atoms with E-state index in [0.717, 1.165) is 11.1 Å². The van der Waals surface area contributed by atoms with Crippen molar-refractivity contribution >= 4 is 12.1 Å². The molecule has 5 nitrogen and oxygen atoms in total. The van der Waals surface area contributed by atoms with Gasteiger partial charge in [0.05, 0.1) is 19.1 Å². The van der Waals surface area contributed by atoms with E-state index >= 15 is 0 Å². The number of rotatable bonds is 6. The highest BCUT2D eigenvalue weighted by Gasteiger charge is 2.49. The summed E-state index contributed by atoms with van der Waals surface area (Å²) in [6.45, 7) is 0.208. The molecule has 0 heterocycles. The van der Waals surface area contributed by atoms with E-state index in [-0.39, 0.29) is 30.5 Å². The third kappa shape index (κ3) is 4.38. The molecular formula is C20H21NO4. The molecule has 0 spiro atoms. The summed E-state index contributed by atoms with van der Waals surface area (Å²) in [6, 6.07) is 18.9. The molecule has 2 aromatic carbocycles. The van der Waals surface area contributed by atoms with E-state index in [1.165, 1.54) is 7.11 Å². The molecule has 0 aliphatic heterocycles. The second-order valence-corrected chi connectivity index (χ2v) is 6.12. The molecule has 0 radical (unpaired) electrons. The van der Waals surface area contributed by atoms with Gasteiger partial charge in [0.15, 0.2) is 0 Å². The third-order valence-corrected chi connectivity index (χ3v) is 4.42. The van der Waals surface area contributed by atoms with Gasteiger partial charge in [-0.25, -0.2) is 4.79 Å². The molecule has 130 valence electrons. The van der Waals surface area contributed by atoms with Crippen molar-refractivity contribution in [1.82, 2.24) is 5.32 Å². The van der Waals surface area contributed by atoms with Crippen LogP contribution in [0.5, 0.6) is 0 Å². The number of esters is 1. The molecule has 0 aromatic heterocycles. The molecule has 0 unspecified atom stereocenters. The van der Waals surface area contributed by atoms with Gasteiger partial charge < -0.3 is 14.8 Å². The van der Waals surface area contributed by atoms with Crippen molar-refractivity contribution in [2.24, 2.45) is 11.8 Å². The number of nitrogens with one attached hydrogen (secondary N) is 1. The van der Waals surface area contributed by atoms with Gasteiger partial charge >= 0.3 is 12.1 Å². The molecule has 3 rings (SSSR count). The topological polar surface area (TPSA) is 64.6 Å². The first-order valence-electron chi connectivity index (χ1n) is 8.29. The second-order valence-electron chi connectivity index (χ2n) is 6.12. The van der Waals surface area contributed by atoms with Crippen molar-refractivity contribution in [1.29, 1.82) is 0 Å². The van der Waals surface area contributed by atoms with Crippen molar-refractivity contribution in [3.05, 3.63) is 71.8 Å². The zero-order valence-electron chi connectivity index (χ0n) is 14.1. The molecule has 25 heavy (non-hydrogen) atoms. The van der Waals surface area contributed by atoms with Crippen LogP contribution in [0.2, 0.25) is 0 Å². The Kier molecular flexibility index (Phi) is 5.33. The lowest BCUT2D eigenvalue weighted by atomic mass is 10.0. The van der Waals surface area contributed by atoms with E-state index in [1.807, 2.05) is 60.7 Å². The zero-order valence-corrected chi connectivity index (χ0v) is 14.1. The Bertz CT molecular complexity index is 717. The summed E-state index contributed by atoms with van der Waals surface area (Å²) in [5.41, 5.74) is 1.88. The summed E-state index contributed by atoms with van der Waals surface area (Å²) < 4.78 is 10.1. The van der Waals surface area contributed by atoms with Crippen LogP contribution in [0.3, 0.4) is 0 Å². The van der Waals surface area contributed by atoms with Crippen LogP contribution in [-0.2, 0) is 20.9 Å². The SMILES string of the molecule is COC(=O)[C@@H]1C[C@H]1[C@@H](NC(=O)OCc1ccccc1)c1ccccc1. The maximum Gasteiger partial charge on any atom is 0.407 e. The predicted octanol–water partition coefficient (Wildman–Crippen LogP) is 3.46. The van der Waals surface area contributed by atoms with Crippen molar-refractivity contribution < 1.29 is 19.1 Å². The smallest absolute Gasteiger partial charge is 0.407 e. The van der Waals surface area contributed by atoms with Crippen LogP contribution < -0.4 is 5.32 Å². The fourth-order valence-electron chi connectivity index (χ4n) is 3.00. The zero-order chi connectivity index (χ0) is 17.6. The molecule has 2 aromatic rings. The molecule has 0 bridgehead atoms. The van der Waals surface area contributed by atoms with Crippen LogP contribution >= 0.6 is 0 Å². The summed E-state index contributed by atoms with van der Waals surface area (Å²) in [4.78, 5) is 24.0. The number of alkyl carbamates (subject to hydrolysis) is 1. The van der Waals surface area contributed by atoms with Crippen LogP contribution in [0.15, 0.2) is 60.7 Å². The largest absolute Gasteiger partial charge is 0.469 e. The maximum atomic E-state index is 12.2. The number of benzene rings is 2. The molecule has 0 saturated heterocycles. The molecular weight excluding hydrogens is 318 g/mol. The summed E-state index contributed by atoms with van der Waals surface area (Å²) in [5, 5.41) is 2.91. The molecule has 5 heteroatoms. The molecule has 1 amide bonds. The van der Waals surface area contributed by atoms with E-state index in [0.29, 0.717) is 6.42 Å². The van der Waals surface area contributed by atoms with Crippen LogP contribution in [0.4, 0.5) is 4.79 Å². The standard InChI is InChI=1S/C20H21NO4/c1-24-19(22)17-12-16(17)18(15-10-6-3-7-11-15)21-20(23)25-13-14-8-4-2-5-9-14/h2-11,16-18H,12-13H2,1H3,(H,21,23)/t16-,17-,18+/m1/s1. The normalized spacial score (nSPS) is 19.6.